The fourth-order valence-corrected chi connectivity index (χ4v) is 1.99. The van der Waals surface area contributed by atoms with Gasteiger partial charge in [-0.2, -0.15) is 0 Å². The highest BCUT2D eigenvalue weighted by molar-refractivity contribution is 6.04. The van der Waals surface area contributed by atoms with Crippen molar-refractivity contribution in [3.05, 3.63) is 65.0 Å². The summed E-state index contributed by atoms with van der Waals surface area (Å²) in [4.78, 5) is 12.1. The van der Waals surface area contributed by atoms with Gasteiger partial charge in [-0.3, -0.25) is 4.79 Å². The molecular formula is C17H19FN2O. The summed E-state index contributed by atoms with van der Waals surface area (Å²) in [6.45, 7) is 5.57. The lowest BCUT2D eigenvalue weighted by atomic mass is 10.1. The Morgan fingerprint density at radius 1 is 1.14 bits per heavy atom. The maximum absolute atomic E-state index is 13.7. The van der Waals surface area contributed by atoms with Crippen molar-refractivity contribution in [3.63, 3.8) is 0 Å². The Hall–Kier alpha value is -2.20. The zero-order valence-electron chi connectivity index (χ0n) is 12.2. The minimum atomic E-state index is -0.512. The molecule has 0 heterocycles. The first-order chi connectivity index (χ1) is 10.1. The van der Waals surface area contributed by atoms with Crippen LogP contribution in [0.3, 0.4) is 0 Å². The van der Waals surface area contributed by atoms with Crippen LogP contribution in [0.1, 0.15) is 28.4 Å². The van der Waals surface area contributed by atoms with Crippen LogP contribution in [0.5, 0.6) is 0 Å². The lowest BCUT2D eigenvalue weighted by Crippen LogP contribution is -2.14. The third kappa shape index (κ3) is 4.13. The third-order valence-corrected chi connectivity index (χ3v) is 3.16. The van der Waals surface area contributed by atoms with Crippen LogP contribution in [-0.2, 0) is 6.54 Å². The average molecular weight is 286 g/mol. The molecule has 2 N–H and O–H groups in total. The lowest BCUT2D eigenvalue weighted by molar-refractivity contribution is 0.102. The van der Waals surface area contributed by atoms with Crippen molar-refractivity contribution < 1.29 is 9.18 Å². The van der Waals surface area contributed by atoms with Gasteiger partial charge in [-0.15, -0.1) is 0 Å². The van der Waals surface area contributed by atoms with E-state index < -0.39 is 11.7 Å². The smallest absolute Gasteiger partial charge is 0.258 e. The van der Waals surface area contributed by atoms with Crippen LogP contribution in [0.4, 0.5) is 10.1 Å². The first-order valence-electron chi connectivity index (χ1n) is 6.97. The highest BCUT2D eigenvalue weighted by Gasteiger charge is 2.11. The van der Waals surface area contributed by atoms with Gasteiger partial charge in [0.25, 0.3) is 5.91 Å². The summed E-state index contributed by atoms with van der Waals surface area (Å²) in [7, 11) is 0. The van der Waals surface area contributed by atoms with Crippen LogP contribution in [0.25, 0.3) is 0 Å². The molecular weight excluding hydrogens is 267 g/mol. The van der Waals surface area contributed by atoms with Crippen molar-refractivity contribution in [2.45, 2.75) is 20.4 Å². The molecule has 0 saturated carbocycles. The Morgan fingerprint density at radius 2 is 1.86 bits per heavy atom. The first kappa shape index (κ1) is 15.2. The van der Waals surface area contributed by atoms with Crippen LogP contribution in [0, 0.1) is 12.7 Å². The van der Waals surface area contributed by atoms with Crippen LogP contribution < -0.4 is 10.6 Å². The number of nitrogens with one attached hydrogen (secondary N) is 2. The van der Waals surface area contributed by atoms with Gasteiger partial charge in [0.05, 0.1) is 5.56 Å². The van der Waals surface area contributed by atoms with Crippen molar-refractivity contribution >= 4 is 11.6 Å². The molecule has 0 atom stereocenters. The molecule has 0 aliphatic rings. The monoisotopic (exact) mass is 286 g/mol. The minimum absolute atomic E-state index is 0.0618. The number of anilines is 1. The van der Waals surface area contributed by atoms with Gasteiger partial charge in [0.1, 0.15) is 5.82 Å². The van der Waals surface area contributed by atoms with Crippen molar-refractivity contribution in [1.82, 2.24) is 5.32 Å². The lowest BCUT2D eigenvalue weighted by Gasteiger charge is -2.08. The number of amides is 1. The van der Waals surface area contributed by atoms with Crippen LogP contribution in [0.15, 0.2) is 42.5 Å². The van der Waals surface area contributed by atoms with E-state index in [0.717, 1.165) is 24.2 Å². The summed E-state index contributed by atoms with van der Waals surface area (Å²) < 4.78 is 13.7. The Bertz CT molecular complexity index is 623. The number of benzene rings is 2. The van der Waals surface area contributed by atoms with Gasteiger partial charge in [0.15, 0.2) is 0 Å². The summed E-state index contributed by atoms with van der Waals surface area (Å²) in [5.74, 6) is -0.947. The zero-order chi connectivity index (χ0) is 15.2. The first-order valence-corrected chi connectivity index (χ1v) is 6.97. The molecule has 110 valence electrons. The van der Waals surface area contributed by atoms with Crippen molar-refractivity contribution in [3.8, 4) is 0 Å². The number of hydrogen-bond donors (Lipinski definition) is 2. The average Bonchev–Trinajstić information content (AvgIpc) is 2.49. The second-order valence-corrected chi connectivity index (χ2v) is 4.91. The molecule has 0 fully saturated rings. The van der Waals surface area contributed by atoms with E-state index in [1.807, 2.05) is 38.1 Å². The molecule has 1 amide bonds. The second-order valence-electron chi connectivity index (χ2n) is 4.91. The van der Waals surface area contributed by atoms with Crippen LogP contribution in [-0.4, -0.2) is 12.5 Å². The number of hydrogen-bond acceptors (Lipinski definition) is 2. The normalized spacial score (nSPS) is 10.4. The Balaban J connectivity index is 2.07. The van der Waals surface area contributed by atoms with Crippen molar-refractivity contribution in [2.24, 2.45) is 0 Å². The fourth-order valence-electron chi connectivity index (χ4n) is 1.99. The van der Waals surface area contributed by atoms with E-state index in [4.69, 9.17) is 0 Å². The van der Waals surface area contributed by atoms with Gasteiger partial charge >= 0.3 is 0 Å². The minimum Gasteiger partial charge on any atom is -0.322 e. The highest BCUT2D eigenvalue weighted by Crippen LogP contribution is 2.14. The predicted molar refractivity (Wildman–Crippen MR) is 82.9 cm³/mol. The molecule has 3 nitrogen and oxygen atoms in total. The fraction of sp³-hybridized carbons (Fsp3) is 0.235. The van der Waals surface area contributed by atoms with Crippen molar-refractivity contribution in [1.29, 1.82) is 0 Å². The molecule has 0 unspecified atom stereocenters. The summed E-state index contributed by atoms with van der Waals surface area (Å²) in [6.07, 6.45) is 0. The number of halogens is 1. The maximum atomic E-state index is 13.7. The Kier molecular flexibility index (Phi) is 5.06. The Morgan fingerprint density at radius 3 is 2.52 bits per heavy atom. The van der Waals surface area contributed by atoms with Gasteiger partial charge in [0, 0.05) is 12.2 Å². The van der Waals surface area contributed by atoms with E-state index in [2.05, 4.69) is 10.6 Å². The molecule has 0 aliphatic heterocycles. The van der Waals surface area contributed by atoms with Gasteiger partial charge in [-0.1, -0.05) is 30.7 Å². The van der Waals surface area contributed by atoms with E-state index in [0.29, 0.717) is 5.69 Å². The summed E-state index contributed by atoms with van der Waals surface area (Å²) in [5.41, 5.74) is 2.70. The predicted octanol–water partition coefficient (Wildman–Crippen LogP) is 3.50. The Labute approximate surface area is 124 Å². The van der Waals surface area contributed by atoms with E-state index in [1.165, 1.54) is 6.07 Å². The van der Waals surface area contributed by atoms with Crippen molar-refractivity contribution in [2.75, 3.05) is 11.9 Å². The van der Waals surface area contributed by atoms with Gasteiger partial charge in [0.2, 0.25) is 0 Å². The molecule has 0 aliphatic carbocycles. The van der Waals surface area contributed by atoms with Crippen LogP contribution in [0.2, 0.25) is 0 Å². The standard InChI is InChI=1S/C17H19FN2O/c1-3-19-11-13-5-7-14(8-6-13)20-17(21)15-10-12(2)4-9-16(15)18/h4-10,19H,3,11H2,1-2H3,(H,20,21). The molecule has 0 spiro atoms. The number of carbonyl (C=O) groups is 1. The summed E-state index contributed by atoms with van der Waals surface area (Å²) in [5, 5.41) is 5.94. The summed E-state index contributed by atoms with van der Waals surface area (Å²) in [6, 6.07) is 12.0. The molecule has 0 bridgehead atoms. The molecule has 2 rings (SSSR count). The van der Waals surface area contributed by atoms with Gasteiger partial charge in [-0.05, 0) is 43.3 Å². The third-order valence-electron chi connectivity index (χ3n) is 3.16. The van der Waals surface area contributed by atoms with Gasteiger partial charge < -0.3 is 10.6 Å². The van der Waals surface area contributed by atoms with Crippen LogP contribution >= 0.6 is 0 Å². The highest BCUT2D eigenvalue weighted by atomic mass is 19.1. The molecule has 2 aromatic rings. The maximum Gasteiger partial charge on any atom is 0.258 e. The largest absolute Gasteiger partial charge is 0.322 e. The zero-order valence-corrected chi connectivity index (χ0v) is 12.2. The number of aryl methyl sites for hydroxylation is 1. The SMILES string of the molecule is CCNCc1ccc(NC(=O)c2cc(C)ccc2F)cc1. The number of carbonyl (C=O) groups excluding carboxylic acids is 1. The van der Waals surface area contributed by atoms with E-state index in [-0.39, 0.29) is 5.56 Å². The molecule has 2 aromatic carbocycles. The summed E-state index contributed by atoms with van der Waals surface area (Å²) >= 11 is 0. The topological polar surface area (TPSA) is 41.1 Å². The molecule has 0 aromatic heterocycles. The molecule has 21 heavy (non-hydrogen) atoms. The molecule has 0 saturated heterocycles. The molecule has 0 radical (unpaired) electrons. The molecule has 4 heteroatoms. The quantitative estimate of drug-likeness (QED) is 0.883. The second kappa shape index (κ2) is 6.99. The van der Waals surface area contributed by atoms with E-state index in [1.54, 1.807) is 12.1 Å². The van der Waals surface area contributed by atoms with Gasteiger partial charge in [-0.25, -0.2) is 4.39 Å². The number of rotatable bonds is 5. The van der Waals surface area contributed by atoms with E-state index in [9.17, 15) is 9.18 Å². The van der Waals surface area contributed by atoms with E-state index >= 15 is 0 Å².